The van der Waals surface area contributed by atoms with Crippen molar-refractivity contribution in [2.75, 3.05) is 13.1 Å². The van der Waals surface area contributed by atoms with Crippen LogP contribution in [0.4, 0.5) is 0 Å². The third-order valence-corrected chi connectivity index (χ3v) is 3.20. The second kappa shape index (κ2) is 4.73. The van der Waals surface area contributed by atoms with E-state index in [4.69, 9.17) is 0 Å². The number of aromatic nitrogens is 1. The van der Waals surface area contributed by atoms with Crippen molar-refractivity contribution in [3.05, 3.63) is 30.1 Å². The van der Waals surface area contributed by atoms with Crippen LogP contribution in [0.3, 0.4) is 0 Å². The number of aliphatic hydroxyl groups is 1. The first kappa shape index (κ1) is 10.6. The van der Waals surface area contributed by atoms with Crippen molar-refractivity contribution in [2.24, 2.45) is 0 Å². The van der Waals surface area contributed by atoms with Crippen LogP contribution in [0.25, 0.3) is 0 Å². The van der Waals surface area contributed by atoms with E-state index >= 15 is 0 Å². The van der Waals surface area contributed by atoms with Crippen molar-refractivity contribution < 1.29 is 5.11 Å². The minimum absolute atomic E-state index is 0.191. The van der Waals surface area contributed by atoms with E-state index < -0.39 is 6.10 Å². The molecule has 1 saturated heterocycles. The summed E-state index contributed by atoms with van der Waals surface area (Å²) in [5, 5.41) is 10.2. The van der Waals surface area contributed by atoms with Crippen LogP contribution < -0.4 is 0 Å². The van der Waals surface area contributed by atoms with E-state index in [2.05, 4.69) is 16.8 Å². The van der Waals surface area contributed by atoms with E-state index in [1.807, 2.05) is 12.1 Å². The maximum atomic E-state index is 10.2. The molecule has 2 rings (SSSR count). The molecule has 2 atom stereocenters. The predicted octanol–water partition coefficient (Wildman–Crippen LogP) is 1.60. The Balaban J connectivity index is 2.03. The van der Waals surface area contributed by atoms with Crippen LogP contribution in [0, 0.1) is 0 Å². The number of nitrogens with zero attached hydrogens (tertiary/aromatic N) is 2. The fraction of sp³-hybridized carbons (Fsp3) is 0.583. The van der Waals surface area contributed by atoms with E-state index in [0.717, 1.165) is 18.7 Å². The van der Waals surface area contributed by atoms with Crippen LogP contribution in [0.1, 0.15) is 31.4 Å². The third kappa shape index (κ3) is 2.36. The molecule has 0 bridgehead atoms. The highest BCUT2D eigenvalue weighted by Crippen LogP contribution is 2.23. The monoisotopic (exact) mass is 206 g/mol. The molecule has 1 aliphatic rings. The molecule has 0 saturated carbocycles. The lowest BCUT2D eigenvalue weighted by Crippen LogP contribution is -2.35. The normalized spacial score (nSPS) is 21.5. The number of hydrogen-bond acceptors (Lipinski definition) is 3. The van der Waals surface area contributed by atoms with Gasteiger partial charge in [-0.1, -0.05) is 6.07 Å². The maximum absolute atomic E-state index is 10.2. The summed E-state index contributed by atoms with van der Waals surface area (Å²) >= 11 is 0. The van der Waals surface area contributed by atoms with E-state index in [1.165, 1.54) is 12.8 Å². The van der Waals surface area contributed by atoms with Gasteiger partial charge in [-0.25, -0.2) is 0 Å². The van der Waals surface area contributed by atoms with Gasteiger partial charge in [-0.15, -0.1) is 0 Å². The summed E-state index contributed by atoms with van der Waals surface area (Å²) in [6, 6.07) is 4.00. The van der Waals surface area contributed by atoms with Crippen LogP contribution >= 0.6 is 0 Å². The molecule has 1 aromatic heterocycles. The molecule has 2 heterocycles. The minimum atomic E-state index is -0.420. The molecule has 3 nitrogen and oxygen atoms in total. The lowest BCUT2D eigenvalue weighted by Gasteiger charge is -2.28. The first-order valence-electron chi connectivity index (χ1n) is 5.61. The lowest BCUT2D eigenvalue weighted by atomic mass is 10.0. The molecule has 1 aliphatic heterocycles. The van der Waals surface area contributed by atoms with E-state index in [0.29, 0.717) is 0 Å². The van der Waals surface area contributed by atoms with Crippen LogP contribution in [0.15, 0.2) is 24.5 Å². The van der Waals surface area contributed by atoms with Gasteiger partial charge in [0, 0.05) is 24.0 Å². The van der Waals surface area contributed by atoms with Crippen molar-refractivity contribution in [1.82, 2.24) is 9.88 Å². The Morgan fingerprint density at radius 2 is 2.13 bits per heavy atom. The van der Waals surface area contributed by atoms with Gasteiger partial charge in [0.05, 0.1) is 6.10 Å². The number of likely N-dealkylation sites (tertiary alicyclic amines) is 1. The zero-order valence-electron chi connectivity index (χ0n) is 9.13. The van der Waals surface area contributed by atoms with E-state index in [9.17, 15) is 5.11 Å². The molecule has 0 spiro atoms. The molecule has 0 unspecified atom stereocenters. The molecule has 3 heteroatoms. The largest absolute Gasteiger partial charge is 0.387 e. The van der Waals surface area contributed by atoms with Gasteiger partial charge in [-0.3, -0.25) is 9.88 Å². The van der Waals surface area contributed by atoms with Crippen molar-refractivity contribution in [3.8, 4) is 0 Å². The fourth-order valence-electron chi connectivity index (χ4n) is 2.18. The topological polar surface area (TPSA) is 36.4 Å². The molecule has 1 aromatic rings. The van der Waals surface area contributed by atoms with Crippen molar-refractivity contribution in [1.29, 1.82) is 0 Å². The van der Waals surface area contributed by atoms with E-state index in [1.54, 1.807) is 12.4 Å². The SMILES string of the molecule is C[C@@H]([C@@H](O)c1cccnc1)N1CCCC1. The summed E-state index contributed by atoms with van der Waals surface area (Å²) in [4.78, 5) is 6.38. The Morgan fingerprint density at radius 3 is 2.73 bits per heavy atom. The van der Waals surface area contributed by atoms with Crippen LogP contribution in [-0.4, -0.2) is 34.1 Å². The Labute approximate surface area is 90.8 Å². The van der Waals surface area contributed by atoms with Gasteiger partial charge in [-0.05, 0) is 38.9 Å². The highest BCUT2D eigenvalue weighted by Gasteiger charge is 2.25. The molecular weight excluding hydrogens is 188 g/mol. The van der Waals surface area contributed by atoms with E-state index in [-0.39, 0.29) is 6.04 Å². The number of rotatable bonds is 3. The second-order valence-electron chi connectivity index (χ2n) is 4.21. The van der Waals surface area contributed by atoms with Crippen LogP contribution in [0.5, 0.6) is 0 Å². The summed E-state index contributed by atoms with van der Waals surface area (Å²) < 4.78 is 0. The number of hydrogen-bond donors (Lipinski definition) is 1. The van der Waals surface area contributed by atoms with Crippen LogP contribution in [-0.2, 0) is 0 Å². The third-order valence-electron chi connectivity index (χ3n) is 3.20. The first-order chi connectivity index (χ1) is 7.29. The molecule has 1 fully saturated rings. The zero-order chi connectivity index (χ0) is 10.7. The molecule has 82 valence electrons. The Bertz CT molecular complexity index is 296. The molecule has 1 N–H and O–H groups in total. The molecule has 0 amide bonds. The highest BCUT2D eigenvalue weighted by atomic mass is 16.3. The summed E-state index contributed by atoms with van der Waals surface area (Å²) in [7, 11) is 0. The van der Waals surface area contributed by atoms with Gasteiger partial charge >= 0.3 is 0 Å². The Morgan fingerprint density at radius 1 is 1.40 bits per heavy atom. The lowest BCUT2D eigenvalue weighted by molar-refractivity contribution is 0.0713. The minimum Gasteiger partial charge on any atom is -0.387 e. The zero-order valence-corrected chi connectivity index (χ0v) is 9.13. The molecule has 0 aliphatic carbocycles. The van der Waals surface area contributed by atoms with Crippen LogP contribution in [0.2, 0.25) is 0 Å². The average Bonchev–Trinajstić information content (AvgIpc) is 2.82. The van der Waals surface area contributed by atoms with Gasteiger partial charge in [0.1, 0.15) is 0 Å². The molecule has 0 aromatic carbocycles. The predicted molar refractivity (Wildman–Crippen MR) is 59.5 cm³/mol. The quantitative estimate of drug-likeness (QED) is 0.816. The van der Waals surface area contributed by atoms with Gasteiger partial charge < -0.3 is 5.11 Å². The standard InChI is InChI=1S/C12H18N2O/c1-10(14-7-2-3-8-14)12(15)11-5-4-6-13-9-11/h4-6,9-10,12,15H,2-3,7-8H2,1H3/t10-,12+/m0/s1. The summed E-state index contributed by atoms with van der Waals surface area (Å²) in [5.74, 6) is 0. The first-order valence-corrected chi connectivity index (χ1v) is 5.61. The molecule has 0 radical (unpaired) electrons. The maximum Gasteiger partial charge on any atom is 0.0957 e. The summed E-state index contributed by atoms with van der Waals surface area (Å²) in [5.41, 5.74) is 0.914. The van der Waals surface area contributed by atoms with Crippen molar-refractivity contribution >= 4 is 0 Å². The molecular formula is C12H18N2O. The summed E-state index contributed by atoms with van der Waals surface area (Å²) in [6.07, 6.45) is 5.57. The van der Waals surface area contributed by atoms with Crippen molar-refractivity contribution in [2.45, 2.75) is 31.9 Å². The average molecular weight is 206 g/mol. The smallest absolute Gasteiger partial charge is 0.0957 e. The van der Waals surface area contributed by atoms with Crippen molar-refractivity contribution in [3.63, 3.8) is 0 Å². The molecule has 15 heavy (non-hydrogen) atoms. The van der Waals surface area contributed by atoms with Gasteiger partial charge in [0.25, 0.3) is 0 Å². The highest BCUT2D eigenvalue weighted by molar-refractivity contribution is 5.13. The Hall–Kier alpha value is -0.930. The number of aliphatic hydroxyl groups excluding tert-OH is 1. The summed E-state index contributed by atoms with van der Waals surface area (Å²) in [6.45, 7) is 4.31. The van der Waals surface area contributed by atoms with Gasteiger partial charge in [0.15, 0.2) is 0 Å². The second-order valence-corrected chi connectivity index (χ2v) is 4.21. The van der Waals surface area contributed by atoms with Gasteiger partial charge in [0.2, 0.25) is 0 Å². The number of pyridine rings is 1. The van der Waals surface area contributed by atoms with Gasteiger partial charge in [-0.2, -0.15) is 0 Å². The Kier molecular flexibility index (Phi) is 3.34. The fourth-order valence-corrected chi connectivity index (χ4v) is 2.18.